The predicted molar refractivity (Wildman–Crippen MR) is 46.7 cm³/mol. The molecule has 0 radical (unpaired) electrons. The monoisotopic (exact) mass is 176 g/mol. The number of hydroxylamine groups is 1. The van der Waals surface area contributed by atoms with Crippen molar-refractivity contribution in [1.29, 1.82) is 0 Å². The van der Waals surface area contributed by atoms with Gasteiger partial charge in [-0.15, -0.1) is 0 Å². The number of carbonyl (C=O) groups is 1. The standard InChI is InChI=1S/C9H8N2O2/c12-5-8-6-3-1-2-4-7(6)9(10-8)11-13/h1-5,8,13H,(H,10,11). The molecule has 1 unspecified atom stereocenters. The molecule has 1 aromatic rings. The molecule has 0 aromatic heterocycles. The van der Waals surface area contributed by atoms with E-state index in [2.05, 4.69) is 4.99 Å². The normalized spacial score (nSPS) is 19.2. The van der Waals surface area contributed by atoms with Crippen LogP contribution in [0.2, 0.25) is 0 Å². The fraction of sp³-hybridized carbons (Fsp3) is 0.111. The number of aliphatic imine (C=N–C) groups is 1. The van der Waals surface area contributed by atoms with Crippen LogP contribution in [0.25, 0.3) is 0 Å². The van der Waals surface area contributed by atoms with Crippen LogP contribution in [0.4, 0.5) is 0 Å². The second kappa shape index (κ2) is 2.99. The van der Waals surface area contributed by atoms with Gasteiger partial charge < -0.3 is 4.79 Å². The zero-order chi connectivity index (χ0) is 9.26. The van der Waals surface area contributed by atoms with Crippen molar-refractivity contribution < 1.29 is 10.0 Å². The Bertz CT molecular complexity index is 374. The van der Waals surface area contributed by atoms with Crippen molar-refractivity contribution in [3.63, 3.8) is 0 Å². The zero-order valence-electron chi connectivity index (χ0n) is 6.77. The van der Waals surface area contributed by atoms with Crippen LogP contribution in [0.5, 0.6) is 0 Å². The Morgan fingerprint density at radius 1 is 1.46 bits per heavy atom. The number of hydrogen-bond donors (Lipinski definition) is 2. The average Bonchev–Trinajstić information content (AvgIpc) is 2.56. The first-order valence-electron chi connectivity index (χ1n) is 3.89. The minimum atomic E-state index is -0.481. The van der Waals surface area contributed by atoms with E-state index in [4.69, 9.17) is 5.21 Å². The minimum Gasteiger partial charge on any atom is -0.301 e. The van der Waals surface area contributed by atoms with Gasteiger partial charge in [0.1, 0.15) is 12.3 Å². The van der Waals surface area contributed by atoms with Crippen LogP contribution in [0, 0.1) is 0 Å². The highest BCUT2D eigenvalue weighted by molar-refractivity contribution is 6.03. The van der Waals surface area contributed by atoms with Crippen molar-refractivity contribution in [2.75, 3.05) is 0 Å². The van der Waals surface area contributed by atoms with Gasteiger partial charge in [0.25, 0.3) is 0 Å². The van der Waals surface area contributed by atoms with Crippen molar-refractivity contribution in [2.45, 2.75) is 6.04 Å². The van der Waals surface area contributed by atoms with E-state index in [1.807, 2.05) is 23.7 Å². The highest BCUT2D eigenvalue weighted by Crippen LogP contribution is 2.26. The van der Waals surface area contributed by atoms with Crippen LogP contribution >= 0.6 is 0 Å². The van der Waals surface area contributed by atoms with Crippen LogP contribution in [0.1, 0.15) is 17.2 Å². The molecule has 1 atom stereocenters. The van der Waals surface area contributed by atoms with Crippen molar-refractivity contribution in [3.8, 4) is 0 Å². The molecule has 66 valence electrons. The van der Waals surface area contributed by atoms with E-state index in [0.717, 1.165) is 17.4 Å². The van der Waals surface area contributed by atoms with E-state index >= 15 is 0 Å². The number of carbonyl (C=O) groups excluding carboxylic acids is 1. The number of nitrogens with one attached hydrogen (secondary N) is 1. The third kappa shape index (κ3) is 1.11. The molecule has 0 fully saturated rings. The molecule has 0 aliphatic carbocycles. The van der Waals surface area contributed by atoms with Crippen molar-refractivity contribution >= 4 is 12.1 Å². The van der Waals surface area contributed by atoms with Crippen LogP contribution in [0.3, 0.4) is 0 Å². The van der Waals surface area contributed by atoms with Gasteiger partial charge in [0.2, 0.25) is 0 Å². The molecule has 0 bridgehead atoms. The molecule has 1 aliphatic rings. The summed E-state index contributed by atoms with van der Waals surface area (Å²) in [7, 11) is 0. The highest BCUT2D eigenvalue weighted by Gasteiger charge is 2.23. The summed E-state index contributed by atoms with van der Waals surface area (Å²) >= 11 is 0. The lowest BCUT2D eigenvalue weighted by Crippen LogP contribution is -2.17. The first-order valence-corrected chi connectivity index (χ1v) is 3.89. The van der Waals surface area contributed by atoms with Crippen molar-refractivity contribution in [1.82, 2.24) is 5.48 Å². The van der Waals surface area contributed by atoms with Gasteiger partial charge in [-0.2, -0.15) is 0 Å². The summed E-state index contributed by atoms with van der Waals surface area (Å²) in [6, 6.07) is 6.82. The Balaban J connectivity index is 2.53. The molecule has 0 spiro atoms. The molecule has 2 rings (SSSR count). The molecule has 0 amide bonds. The number of fused-ring (bicyclic) bond motifs is 1. The molecule has 1 aromatic carbocycles. The summed E-state index contributed by atoms with van der Waals surface area (Å²) in [5.41, 5.74) is 3.58. The Morgan fingerprint density at radius 2 is 2.23 bits per heavy atom. The maximum absolute atomic E-state index is 10.6. The Hall–Kier alpha value is -1.68. The maximum atomic E-state index is 10.6. The topological polar surface area (TPSA) is 61.7 Å². The van der Waals surface area contributed by atoms with Gasteiger partial charge >= 0.3 is 0 Å². The molecular formula is C9H8N2O2. The molecule has 4 nitrogen and oxygen atoms in total. The van der Waals surface area contributed by atoms with E-state index in [1.54, 1.807) is 6.07 Å². The second-order valence-corrected chi connectivity index (χ2v) is 2.76. The molecule has 1 aliphatic heterocycles. The fourth-order valence-electron chi connectivity index (χ4n) is 1.44. The lowest BCUT2D eigenvalue weighted by atomic mass is 10.0. The summed E-state index contributed by atoms with van der Waals surface area (Å²) in [6.45, 7) is 0. The van der Waals surface area contributed by atoms with Gasteiger partial charge in [0, 0.05) is 5.56 Å². The molecule has 13 heavy (non-hydrogen) atoms. The molecule has 0 saturated heterocycles. The predicted octanol–water partition coefficient (Wildman–Crippen LogP) is 0.666. The van der Waals surface area contributed by atoms with E-state index in [9.17, 15) is 4.79 Å². The van der Waals surface area contributed by atoms with E-state index in [1.165, 1.54) is 0 Å². The van der Waals surface area contributed by atoms with Gasteiger partial charge in [0.05, 0.1) is 0 Å². The average molecular weight is 176 g/mol. The van der Waals surface area contributed by atoms with Gasteiger partial charge in [-0.3, -0.25) is 15.7 Å². The number of hydrogen-bond acceptors (Lipinski definition) is 4. The zero-order valence-corrected chi connectivity index (χ0v) is 6.77. The summed E-state index contributed by atoms with van der Waals surface area (Å²) in [6.07, 6.45) is 0.753. The maximum Gasteiger partial charge on any atom is 0.153 e. The minimum absolute atomic E-state index is 0.354. The third-order valence-corrected chi connectivity index (χ3v) is 2.04. The lowest BCUT2D eigenvalue weighted by molar-refractivity contribution is -0.108. The lowest BCUT2D eigenvalue weighted by Gasteiger charge is -2.00. The van der Waals surface area contributed by atoms with Gasteiger partial charge in [-0.25, -0.2) is 0 Å². The van der Waals surface area contributed by atoms with Gasteiger partial charge in [-0.1, -0.05) is 24.3 Å². The summed E-state index contributed by atoms with van der Waals surface area (Å²) < 4.78 is 0. The number of benzene rings is 1. The Kier molecular flexibility index (Phi) is 1.83. The van der Waals surface area contributed by atoms with Crippen LogP contribution in [-0.4, -0.2) is 17.3 Å². The highest BCUT2D eigenvalue weighted by atomic mass is 16.5. The second-order valence-electron chi connectivity index (χ2n) is 2.76. The van der Waals surface area contributed by atoms with E-state index in [-0.39, 0.29) is 0 Å². The van der Waals surface area contributed by atoms with Crippen molar-refractivity contribution in [2.24, 2.45) is 4.99 Å². The van der Waals surface area contributed by atoms with Gasteiger partial charge in [-0.05, 0) is 5.56 Å². The van der Waals surface area contributed by atoms with Gasteiger partial charge in [0.15, 0.2) is 5.84 Å². The van der Waals surface area contributed by atoms with E-state index < -0.39 is 6.04 Å². The first-order chi connectivity index (χ1) is 6.36. The fourth-order valence-corrected chi connectivity index (χ4v) is 1.44. The SMILES string of the molecule is O=CC1N=C(NO)c2ccccc21. The van der Waals surface area contributed by atoms with Crippen LogP contribution in [0.15, 0.2) is 29.3 Å². The molecule has 2 N–H and O–H groups in total. The summed E-state index contributed by atoms with van der Waals surface area (Å²) in [4.78, 5) is 14.6. The quantitative estimate of drug-likeness (QED) is 0.488. The summed E-state index contributed by atoms with van der Waals surface area (Å²) in [5.74, 6) is 0.354. The number of amidine groups is 1. The first kappa shape index (κ1) is 7.94. The molecule has 1 heterocycles. The molecule has 4 heteroatoms. The molecule has 0 saturated carbocycles. The Morgan fingerprint density at radius 3 is 2.92 bits per heavy atom. The number of aldehydes is 1. The van der Waals surface area contributed by atoms with E-state index in [0.29, 0.717) is 5.84 Å². The Labute approximate surface area is 74.9 Å². The number of rotatable bonds is 1. The van der Waals surface area contributed by atoms with Crippen molar-refractivity contribution in [3.05, 3.63) is 35.4 Å². The van der Waals surface area contributed by atoms with Crippen LogP contribution in [-0.2, 0) is 4.79 Å². The molecular weight excluding hydrogens is 168 g/mol. The smallest absolute Gasteiger partial charge is 0.153 e. The third-order valence-electron chi connectivity index (χ3n) is 2.04. The number of nitrogens with zero attached hydrogens (tertiary/aromatic N) is 1. The summed E-state index contributed by atoms with van der Waals surface area (Å²) in [5, 5.41) is 8.73. The van der Waals surface area contributed by atoms with Crippen LogP contribution < -0.4 is 5.48 Å². The largest absolute Gasteiger partial charge is 0.301 e.